The number of hydrogen-bond acceptors (Lipinski definition) is 5. The van der Waals surface area contributed by atoms with E-state index in [2.05, 4.69) is 14.8 Å². The van der Waals surface area contributed by atoms with Gasteiger partial charge in [-0.15, -0.1) is 0 Å². The van der Waals surface area contributed by atoms with Crippen LogP contribution in [0.25, 0.3) is 16.8 Å². The van der Waals surface area contributed by atoms with Crippen molar-refractivity contribution in [2.24, 2.45) is 0 Å². The molecule has 1 N–H and O–H groups in total. The van der Waals surface area contributed by atoms with Crippen molar-refractivity contribution in [1.82, 2.24) is 14.6 Å². The second kappa shape index (κ2) is 7.03. The minimum atomic E-state index is -0.468. The fourth-order valence-electron chi connectivity index (χ4n) is 3.00. The Labute approximate surface area is 150 Å². The van der Waals surface area contributed by atoms with Crippen molar-refractivity contribution in [1.29, 1.82) is 0 Å². The van der Waals surface area contributed by atoms with E-state index in [1.54, 1.807) is 14.0 Å². The SMILES string of the molecule is CCc1[nH]n2c(=O)c(CC(=O)OC)c(C)nc2c1-c1ccc(OC)cc1. The molecule has 7 heteroatoms. The van der Waals surface area contributed by atoms with Crippen LogP contribution in [0.4, 0.5) is 0 Å². The molecular weight excluding hydrogens is 334 g/mol. The maximum Gasteiger partial charge on any atom is 0.310 e. The topological polar surface area (TPSA) is 85.7 Å². The quantitative estimate of drug-likeness (QED) is 0.710. The Morgan fingerprint density at radius 2 is 1.92 bits per heavy atom. The first-order chi connectivity index (χ1) is 12.5. The maximum atomic E-state index is 12.9. The van der Waals surface area contributed by atoms with E-state index >= 15 is 0 Å². The van der Waals surface area contributed by atoms with Crippen LogP contribution in [0.15, 0.2) is 29.1 Å². The molecule has 0 bridgehead atoms. The summed E-state index contributed by atoms with van der Waals surface area (Å²) in [7, 11) is 2.92. The van der Waals surface area contributed by atoms with Crippen LogP contribution in [-0.2, 0) is 22.4 Å². The molecule has 1 aromatic carbocycles. The fourth-order valence-corrected chi connectivity index (χ4v) is 3.00. The van der Waals surface area contributed by atoms with Crippen molar-refractivity contribution < 1.29 is 14.3 Å². The summed E-state index contributed by atoms with van der Waals surface area (Å²) in [6, 6.07) is 7.61. The highest BCUT2D eigenvalue weighted by molar-refractivity contribution is 5.80. The van der Waals surface area contributed by atoms with Gasteiger partial charge in [0.15, 0.2) is 5.65 Å². The van der Waals surface area contributed by atoms with Crippen molar-refractivity contribution in [2.75, 3.05) is 14.2 Å². The van der Waals surface area contributed by atoms with E-state index in [4.69, 9.17) is 4.74 Å². The molecule has 136 valence electrons. The van der Waals surface area contributed by atoms with Gasteiger partial charge in [-0.3, -0.25) is 14.7 Å². The van der Waals surface area contributed by atoms with E-state index in [1.165, 1.54) is 11.6 Å². The van der Waals surface area contributed by atoms with Gasteiger partial charge in [-0.1, -0.05) is 19.1 Å². The minimum absolute atomic E-state index is 0.102. The second-order valence-electron chi connectivity index (χ2n) is 5.94. The van der Waals surface area contributed by atoms with Crippen molar-refractivity contribution in [3.05, 3.63) is 51.6 Å². The molecule has 0 saturated carbocycles. The summed E-state index contributed by atoms with van der Waals surface area (Å²) in [5.41, 5.74) is 3.83. The van der Waals surface area contributed by atoms with Gasteiger partial charge in [-0.25, -0.2) is 9.50 Å². The molecule has 2 aromatic heterocycles. The predicted molar refractivity (Wildman–Crippen MR) is 97.6 cm³/mol. The van der Waals surface area contributed by atoms with Crippen LogP contribution < -0.4 is 10.3 Å². The van der Waals surface area contributed by atoms with Crippen molar-refractivity contribution >= 4 is 11.6 Å². The summed E-state index contributed by atoms with van der Waals surface area (Å²) in [4.78, 5) is 29.1. The Hall–Kier alpha value is -3.09. The average molecular weight is 355 g/mol. The Morgan fingerprint density at radius 1 is 1.23 bits per heavy atom. The lowest BCUT2D eigenvalue weighted by atomic mass is 10.0. The zero-order chi connectivity index (χ0) is 18.8. The van der Waals surface area contributed by atoms with Gasteiger partial charge in [-0.2, -0.15) is 0 Å². The lowest BCUT2D eigenvalue weighted by Crippen LogP contribution is -2.24. The summed E-state index contributed by atoms with van der Waals surface area (Å²) >= 11 is 0. The van der Waals surface area contributed by atoms with Gasteiger partial charge in [0, 0.05) is 17.0 Å². The summed E-state index contributed by atoms with van der Waals surface area (Å²) in [6.45, 7) is 3.74. The second-order valence-corrected chi connectivity index (χ2v) is 5.94. The number of carbonyl (C=O) groups excluding carboxylic acids is 1. The van der Waals surface area contributed by atoms with Gasteiger partial charge in [0.05, 0.1) is 26.2 Å². The molecule has 7 nitrogen and oxygen atoms in total. The van der Waals surface area contributed by atoms with Gasteiger partial charge < -0.3 is 9.47 Å². The minimum Gasteiger partial charge on any atom is -0.497 e. The molecule has 0 aliphatic heterocycles. The zero-order valence-electron chi connectivity index (χ0n) is 15.3. The number of aromatic amines is 1. The third kappa shape index (κ3) is 2.96. The molecule has 0 unspecified atom stereocenters. The van der Waals surface area contributed by atoms with E-state index in [-0.39, 0.29) is 12.0 Å². The number of benzene rings is 1. The molecule has 0 aliphatic carbocycles. The Morgan fingerprint density at radius 3 is 2.50 bits per heavy atom. The first-order valence-electron chi connectivity index (χ1n) is 8.34. The lowest BCUT2D eigenvalue weighted by Gasteiger charge is -2.06. The maximum absolute atomic E-state index is 12.9. The van der Waals surface area contributed by atoms with Crippen LogP contribution in [0.2, 0.25) is 0 Å². The number of aromatic nitrogens is 3. The highest BCUT2D eigenvalue weighted by Gasteiger charge is 2.20. The van der Waals surface area contributed by atoms with Gasteiger partial charge in [0.25, 0.3) is 5.56 Å². The van der Waals surface area contributed by atoms with E-state index < -0.39 is 5.97 Å². The average Bonchev–Trinajstić information content (AvgIpc) is 3.03. The molecule has 0 amide bonds. The Balaban J connectivity index is 2.24. The highest BCUT2D eigenvalue weighted by atomic mass is 16.5. The van der Waals surface area contributed by atoms with Gasteiger partial charge in [0.2, 0.25) is 0 Å². The molecule has 3 rings (SSSR count). The van der Waals surface area contributed by atoms with Crippen LogP contribution >= 0.6 is 0 Å². The van der Waals surface area contributed by atoms with Gasteiger partial charge in [-0.05, 0) is 31.0 Å². The van der Waals surface area contributed by atoms with E-state index in [0.29, 0.717) is 23.3 Å². The predicted octanol–water partition coefficient (Wildman–Crippen LogP) is 2.28. The van der Waals surface area contributed by atoms with Gasteiger partial charge in [0.1, 0.15) is 5.75 Å². The van der Waals surface area contributed by atoms with Crippen LogP contribution in [-0.4, -0.2) is 34.8 Å². The number of nitrogens with one attached hydrogen (secondary N) is 1. The Kier molecular flexibility index (Phi) is 4.79. The monoisotopic (exact) mass is 355 g/mol. The molecular formula is C19H21N3O4. The number of H-pyrrole nitrogens is 1. The molecule has 0 saturated heterocycles. The van der Waals surface area contributed by atoms with E-state index in [9.17, 15) is 9.59 Å². The van der Waals surface area contributed by atoms with Crippen molar-refractivity contribution in [3.8, 4) is 16.9 Å². The van der Waals surface area contributed by atoms with Crippen molar-refractivity contribution in [2.45, 2.75) is 26.7 Å². The molecule has 0 spiro atoms. The summed E-state index contributed by atoms with van der Waals surface area (Å²) in [5.74, 6) is 0.290. The molecule has 2 heterocycles. The van der Waals surface area contributed by atoms with Crippen LogP contribution in [0.1, 0.15) is 23.9 Å². The largest absolute Gasteiger partial charge is 0.497 e. The fraction of sp³-hybridized carbons (Fsp3) is 0.316. The van der Waals surface area contributed by atoms with Crippen LogP contribution in [0, 0.1) is 6.92 Å². The number of ether oxygens (including phenoxy) is 2. The summed E-state index contributed by atoms with van der Waals surface area (Å²) in [6.07, 6.45) is 0.602. The van der Waals surface area contributed by atoms with Crippen LogP contribution in [0.3, 0.4) is 0 Å². The molecule has 0 atom stereocenters. The number of carbonyl (C=O) groups is 1. The smallest absolute Gasteiger partial charge is 0.310 e. The van der Waals surface area contributed by atoms with Crippen LogP contribution in [0.5, 0.6) is 5.75 Å². The summed E-state index contributed by atoms with van der Waals surface area (Å²) in [5, 5.41) is 3.13. The number of fused-ring (bicyclic) bond motifs is 1. The van der Waals surface area contributed by atoms with Crippen molar-refractivity contribution in [3.63, 3.8) is 0 Å². The first-order valence-corrected chi connectivity index (χ1v) is 8.34. The third-order valence-electron chi connectivity index (χ3n) is 4.44. The van der Waals surface area contributed by atoms with E-state index in [0.717, 1.165) is 22.6 Å². The molecule has 26 heavy (non-hydrogen) atoms. The molecule has 0 aliphatic rings. The summed E-state index contributed by atoms with van der Waals surface area (Å²) < 4.78 is 11.3. The number of rotatable bonds is 5. The number of hydrogen-bond donors (Lipinski definition) is 1. The Bertz CT molecular complexity index is 1020. The number of esters is 1. The van der Waals surface area contributed by atoms with E-state index in [1.807, 2.05) is 31.2 Å². The molecule has 3 aromatic rings. The normalized spacial score (nSPS) is 10.9. The number of nitrogens with zero attached hydrogens (tertiary/aromatic N) is 2. The highest BCUT2D eigenvalue weighted by Crippen LogP contribution is 2.29. The zero-order valence-corrected chi connectivity index (χ0v) is 15.3. The lowest BCUT2D eigenvalue weighted by molar-refractivity contribution is -0.139. The number of aryl methyl sites for hydroxylation is 2. The van der Waals surface area contributed by atoms with Gasteiger partial charge >= 0.3 is 5.97 Å². The third-order valence-corrected chi connectivity index (χ3v) is 4.44. The first kappa shape index (κ1) is 17.7. The standard InChI is InChI=1S/C19H21N3O4/c1-5-15-17(12-6-8-13(25-3)9-7-12)18-20-11(2)14(10-16(23)26-4)19(24)22(18)21-15/h6-9,21H,5,10H2,1-4H3. The molecule has 0 radical (unpaired) electrons. The number of methoxy groups -OCH3 is 2. The molecule has 0 fully saturated rings.